The van der Waals surface area contributed by atoms with Gasteiger partial charge < -0.3 is 20.3 Å². The smallest absolute Gasteiger partial charge is 0.191 e. The quantitative estimate of drug-likeness (QED) is 0.384. The van der Waals surface area contributed by atoms with E-state index in [0.717, 1.165) is 30.4 Å². The van der Waals surface area contributed by atoms with Crippen LogP contribution in [0.5, 0.6) is 5.75 Å². The van der Waals surface area contributed by atoms with Crippen LogP contribution in [0.4, 0.5) is 0 Å². The molecule has 5 nitrogen and oxygen atoms in total. The minimum Gasteiger partial charge on any atom is -0.494 e. The molecule has 136 valence electrons. The van der Waals surface area contributed by atoms with Crippen LogP contribution in [0.1, 0.15) is 31.7 Å². The fourth-order valence-corrected chi connectivity index (χ4v) is 2.86. The Balaban J connectivity index is 0.00000288. The van der Waals surface area contributed by atoms with Crippen LogP contribution in [0.3, 0.4) is 0 Å². The van der Waals surface area contributed by atoms with Crippen LogP contribution in [0.15, 0.2) is 29.3 Å². The van der Waals surface area contributed by atoms with Gasteiger partial charge in [0.25, 0.3) is 0 Å². The molecule has 0 aromatic heterocycles. The summed E-state index contributed by atoms with van der Waals surface area (Å²) in [7, 11) is 1.81. The lowest BCUT2D eigenvalue weighted by Crippen LogP contribution is -2.42. The highest BCUT2D eigenvalue weighted by molar-refractivity contribution is 14.0. The van der Waals surface area contributed by atoms with E-state index in [4.69, 9.17) is 4.74 Å². The van der Waals surface area contributed by atoms with Crippen molar-refractivity contribution in [3.05, 3.63) is 29.8 Å². The van der Waals surface area contributed by atoms with Gasteiger partial charge in [0.2, 0.25) is 0 Å². The van der Waals surface area contributed by atoms with E-state index in [1.807, 2.05) is 32.2 Å². The molecule has 1 aromatic rings. The molecule has 0 bridgehead atoms. The molecule has 1 aliphatic heterocycles. The van der Waals surface area contributed by atoms with E-state index in [9.17, 15) is 0 Å². The van der Waals surface area contributed by atoms with Crippen molar-refractivity contribution < 1.29 is 4.74 Å². The minimum absolute atomic E-state index is 0. The first-order valence-electron chi connectivity index (χ1n) is 8.71. The molecule has 1 fully saturated rings. The van der Waals surface area contributed by atoms with E-state index < -0.39 is 0 Å². The molecule has 2 N–H and O–H groups in total. The molecule has 1 aliphatic rings. The van der Waals surface area contributed by atoms with Crippen LogP contribution in [-0.4, -0.2) is 50.7 Å². The predicted octanol–water partition coefficient (Wildman–Crippen LogP) is 2.85. The summed E-state index contributed by atoms with van der Waals surface area (Å²) in [6.45, 7) is 7.86. The summed E-state index contributed by atoms with van der Waals surface area (Å²) in [5.74, 6) is 1.78. The third kappa shape index (κ3) is 7.25. The van der Waals surface area contributed by atoms with E-state index in [0.29, 0.717) is 13.2 Å². The zero-order valence-electron chi connectivity index (χ0n) is 14.9. The molecule has 1 aromatic carbocycles. The van der Waals surface area contributed by atoms with E-state index in [-0.39, 0.29) is 24.0 Å². The number of ether oxygens (including phenoxy) is 1. The third-order valence-corrected chi connectivity index (χ3v) is 4.11. The van der Waals surface area contributed by atoms with Crippen molar-refractivity contribution in [1.82, 2.24) is 15.5 Å². The molecule has 1 saturated heterocycles. The Kier molecular flexibility index (Phi) is 10.8. The predicted molar refractivity (Wildman–Crippen MR) is 112 cm³/mol. The van der Waals surface area contributed by atoms with Gasteiger partial charge in [-0.05, 0) is 38.9 Å². The number of hydrogen-bond donors (Lipinski definition) is 2. The monoisotopic (exact) mass is 446 g/mol. The Labute approximate surface area is 163 Å². The Morgan fingerprint density at radius 1 is 1.17 bits per heavy atom. The van der Waals surface area contributed by atoms with Crippen molar-refractivity contribution in [2.45, 2.75) is 32.7 Å². The third-order valence-electron chi connectivity index (χ3n) is 4.11. The second-order valence-corrected chi connectivity index (χ2v) is 5.80. The Morgan fingerprint density at radius 2 is 1.92 bits per heavy atom. The number of rotatable bonds is 7. The highest BCUT2D eigenvalue weighted by atomic mass is 127. The van der Waals surface area contributed by atoms with E-state index >= 15 is 0 Å². The summed E-state index contributed by atoms with van der Waals surface area (Å²) >= 11 is 0. The second kappa shape index (κ2) is 12.4. The number of piperidine rings is 1. The number of nitrogens with zero attached hydrogens (tertiary/aromatic N) is 2. The number of nitrogens with one attached hydrogen (secondary N) is 2. The first-order valence-corrected chi connectivity index (χ1v) is 8.71. The molecule has 6 heteroatoms. The zero-order valence-corrected chi connectivity index (χ0v) is 17.2. The van der Waals surface area contributed by atoms with Crippen LogP contribution >= 0.6 is 24.0 Å². The van der Waals surface area contributed by atoms with Gasteiger partial charge in [0.05, 0.1) is 6.61 Å². The van der Waals surface area contributed by atoms with Gasteiger partial charge in [-0.3, -0.25) is 4.99 Å². The second-order valence-electron chi connectivity index (χ2n) is 5.80. The zero-order chi connectivity index (χ0) is 16.3. The fourth-order valence-electron chi connectivity index (χ4n) is 2.86. The molecule has 0 unspecified atom stereocenters. The van der Waals surface area contributed by atoms with Gasteiger partial charge in [-0.2, -0.15) is 0 Å². The number of halogens is 1. The highest BCUT2D eigenvalue weighted by Crippen LogP contribution is 2.17. The molecule has 1 heterocycles. The van der Waals surface area contributed by atoms with Crippen molar-refractivity contribution >= 4 is 29.9 Å². The largest absolute Gasteiger partial charge is 0.494 e. The molecular formula is C18H31IN4O. The SMILES string of the molecule is CCOc1ccccc1CNC(=NC)NCCN1CCCCC1.I. The Morgan fingerprint density at radius 3 is 2.62 bits per heavy atom. The molecule has 0 aliphatic carbocycles. The van der Waals surface area contributed by atoms with Gasteiger partial charge in [0.15, 0.2) is 5.96 Å². The summed E-state index contributed by atoms with van der Waals surface area (Å²) in [5.41, 5.74) is 1.15. The minimum atomic E-state index is 0. The highest BCUT2D eigenvalue weighted by Gasteiger charge is 2.09. The van der Waals surface area contributed by atoms with Gasteiger partial charge in [-0.1, -0.05) is 24.6 Å². The number of likely N-dealkylation sites (tertiary alicyclic amines) is 1. The molecule has 0 radical (unpaired) electrons. The topological polar surface area (TPSA) is 48.9 Å². The summed E-state index contributed by atoms with van der Waals surface area (Å²) in [4.78, 5) is 6.82. The van der Waals surface area contributed by atoms with Crippen LogP contribution in [0, 0.1) is 0 Å². The first kappa shape index (κ1) is 21.0. The van der Waals surface area contributed by atoms with Gasteiger partial charge >= 0.3 is 0 Å². The van der Waals surface area contributed by atoms with Gasteiger partial charge in [-0.15, -0.1) is 24.0 Å². The number of hydrogen-bond acceptors (Lipinski definition) is 3. The van der Waals surface area contributed by atoms with Crippen LogP contribution < -0.4 is 15.4 Å². The van der Waals surface area contributed by atoms with Crippen LogP contribution in [0.25, 0.3) is 0 Å². The molecule has 0 atom stereocenters. The summed E-state index contributed by atoms with van der Waals surface area (Å²) < 4.78 is 5.66. The Bertz CT molecular complexity index is 490. The van der Waals surface area contributed by atoms with Crippen molar-refractivity contribution in [3.63, 3.8) is 0 Å². The number of para-hydroxylation sites is 1. The lowest BCUT2D eigenvalue weighted by Gasteiger charge is -2.26. The lowest BCUT2D eigenvalue weighted by molar-refractivity contribution is 0.232. The number of aliphatic imine (C=N–C) groups is 1. The number of benzene rings is 1. The van der Waals surface area contributed by atoms with Crippen LogP contribution in [-0.2, 0) is 6.54 Å². The summed E-state index contributed by atoms with van der Waals surface area (Å²) in [5, 5.41) is 6.76. The average Bonchev–Trinajstić information content (AvgIpc) is 2.60. The standard InChI is InChI=1S/C18H30N4O.HI/c1-3-23-17-10-6-5-9-16(17)15-21-18(19-2)20-11-14-22-12-7-4-8-13-22;/h5-6,9-10H,3-4,7-8,11-15H2,1-2H3,(H2,19,20,21);1H. The summed E-state index contributed by atoms with van der Waals surface area (Å²) in [6.07, 6.45) is 4.05. The molecule has 2 rings (SSSR count). The maximum absolute atomic E-state index is 5.66. The van der Waals surface area contributed by atoms with Crippen molar-refractivity contribution in [3.8, 4) is 5.75 Å². The first-order chi connectivity index (χ1) is 11.3. The van der Waals surface area contributed by atoms with Crippen molar-refractivity contribution in [2.75, 3.05) is 39.8 Å². The molecule has 0 saturated carbocycles. The maximum atomic E-state index is 5.66. The Hall–Kier alpha value is -1.02. The number of guanidine groups is 1. The van der Waals surface area contributed by atoms with Gasteiger partial charge in [0.1, 0.15) is 5.75 Å². The molecular weight excluding hydrogens is 415 g/mol. The lowest BCUT2D eigenvalue weighted by atomic mass is 10.1. The van der Waals surface area contributed by atoms with Crippen molar-refractivity contribution in [1.29, 1.82) is 0 Å². The van der Waals surface area contributed by atoms with E-state index in [1.165, 1.54) is 32.4 Å². The van der Waals surface area contributed by atoms with Crippen LogP contribution in [0.2, 0.25) is 0 Å². The molecule has 24 heavy (non-hydrogen) atoms. The van der Waals surface area contributed by atoms with E-state index in [1.54, 1.807) is 0 Å². The van der Waals surface area contributed by atoms with Gasteiger partial charge in [0, 0.05) is 32.2 Å². The molecule has 0 spiro atoms. The molecule has 0 amide bonds. The normalized spacial score (nSPS) is 15.5. The maximum Gasteiger partial charge on any atom is 0.191 e. The van der Waals surface area contributed by atoms with Gasteiger partial charge in [-0.25, -0.2) is 0 Å². The van der Waals surface area contributed by atoms with E-state index in [2.05, 4.69) is 26.6 Å². The summed E-state index contributed by atoms with van der Waals surface area (Å²) in [6, 6.07) is 8.12. The fraction of sp³-hybridized carbons (Fsp3) is 0.611. The average molecular weight is 446 g/mol. The van der Waals surface area contributed by atoms with Crippen molar-refractivity contribution in [2.24, 2.45) is 4.99 Å².